The Bertz CT molecular complexity index is 471. The standard InChI is InChI=1S/C16H24ClN3O2.ClH/c17-14-3-5-15(6-4-14)22-11-10-20-9-1-2-13(12-20)16(21)19-8-7-18;/h3-6,13H,1-2,7-12,18H2,(H,19,21);1H. The molecule has 130 valence electrons. The lowest BCUT2D eigenvalue weighted by atomic mass is 9.97. The van der Waals surface area contributed by atoms with Crippen molar-refractivity contribution in [2.24, 2.45) is 11.7 Å². The summed E-state index contributed by atoms with van der Waals surface area (Å²) in [7, 11) is 0. The predicted octanol–water partition coefficient (Wildman–Crippen LogP) is 1.93. The van der Waals surface area contributed by atoms with E-state index in [0.717, 1.165) is 38.2 Å². The average molecular weight is 362 g/mol. The molecule has 1 atom stereocenters. The first kappa shape index (κ1) is 20.0. The zero-order valence-corrected chi connectivity index (χ0v) is 14.7. The fourth-order valence-electron chi connectivity index (χ4n) is 2.64. The van der Waals surface area contributed by atoms with E-state index >= 15 is 0 Å². The summed E-state index contributed by atoms with van der Waals surface area (Å²) in [5.41, 5.74) is 5.41. The van der Waals surface area contributed by atoms with Crippen molar-refractivity contribution < 1.29 is 9.53 Å². The molecule has 0 aliphatic carbocycles. The molecule has 0 spiro atoms. The predicted molar refractivity (Wildman–Crippen MR) is 95.4 cm³/mol. The van der Waals surface area contributed by atoms with E-state index in [4.69, 9.17) is 22.1 Å². The molecule has 2 rings (SSSR count). The summed E-state index contributed by atoms with van der Waals surface area (Å²) in [5.74, 6) is 1.00. The summed E-state index contributed by atoms with van der Waals surface area (Å²) in [6, 6.07) is 7.36. The third-order valence-corrected chi connectivity index (χ3v) is 4.06. The molecule has 1 fully saturated rings. The molecule has 1 heterocycles. The number of hydrogen-bond acceptors (Lipinski definition) is 4. The molecular weight excluding hydrogens is 337 g/mol. The second-order valence-corrected chi connectivity index (χ2v) is 5.96. The van der Waals surface area contributed by atoms with Gasteiger partial charge in [0, 0.05) is 31.2 Å². The van der Waals surface area contributed by atoms with Gasteiger partial charge in [0.2, 0.25) is 5.91 Å². The van der Waals surface area contributed by atoms with Crippen molar-refractivity contribution in [1.82, 2.24) is 10.2 Å². The normalized spacial score (nSPS) is 18.1. The summed E-state index contributed by atoms with van der Waals surface area (Å²) in [4.78, 5) is 14.3. The molecule has 0 bridgehead atoms. The number of carbonyl (C=O) groups excluding carboxylic acids is 1. The number of amides is 1. The maximum absolute atomic E-state index is 12.0. The van der Waals surface area contributed by atoms with Crippen LogP contribution in [0.3, 0.4) is 0 Å². The number of ether oxygens (including phenoxy) is 1. The Morgan fingerprint density at radius 2 is 2.13 bits per heavy atom. The van der Waals surface area contributed by atoms with Gasteiger partial charge < -0.3 is 15.8 Å². The van der Waals surface area contributed by atoms with Crippen LogP contribution in [0.4, 0.5) is 0 Å². The second kappa shape index (κ2) is 10.7. The SMILES string of the molecule is Cl.NCCNC(=O)C1CCCN(CCOc2ccc(Cl)cc2)C1. The first-order valence-corrected chi connectivity index (χ1v) is 8.15. The highest BCUT2D eigenvalue weighted by atomic mass is 35.5. The van der Waals surface area contributed by atoms with Crippen molar-refractivity contribution in [3.05, 3.63) is 29.3 Å². The van der Waals surface area contributed by atoms with Crippen LogP contribution in [0.2, 0.25) is 5.02 Å². The van der Waals surface area contributed by atoms with Crippen molar-refractivity contribution in [3.63, 3.8) is 0 Å². The summed E-state index contributed by atoms with van der Waals surface area (Å²) < 4.78 is 5.71. The van der Waals surface area contributed by atoms with Crippen LogP contribution >= 0.6 is 24.0 Å². The first-order valence-electron chi connectivity index (χ1n) is 7.77. The van der Waals surface area contributed by atoms with Gasteiger partial charge in [0.15, 0.2) is 0 Å². The molecular formula is C16H25Cl2N3O2. The van der Waals surface area contributed by atoms with Gasteiger partial charge >= 0.3 is 0 Å². The molecule has 7 heteroatoms. The monoisotopic (exact) mass is 361 g/mol. The van der Waals surface area contributed by atoms with E-state index in [0.29, 0.717) is 24.7 Å². The molecule has 1 aromatic carbocycles. The van der Waals surface area contributed by atoms with Gasteiger partial charge in [-0.2, -0.15) is 0 Å². The fraction of sp³-hybridized carbons (Fsp3) is 0.562. The van der Waals surface area contributed by atoms with Crippen LogP contribution in [-0.2, 0) is 4.79 Å². The number of hydrogen-bond donors (Lipinski definition) is 2. The molecule has 0 saturated carbocycles. The summed E-state index contributed by atoms with van der Waals surface area (Å²) in [6.45, 7) is 4.28. The largest absolute Gasteiger partial charge is 0.492 e. The molecule has 0 radical (unpaired) electrons. The number of nitrogens with one attached hydrogen (secondary N) is 1. The zero-order valence-electron chi connectivity index (χ0n) is 13.2. The van der Waals surface area contributed by atoms with Crippen molar-refractivity contribution >= 4 is 29.9 Å². The highest BCUT2D eigenvalue weighted by molar-refractivity contribution is 6.30. The lowest BCUT2D eigenvalue weighted by Crippen LogP contribution is -2.45. The minimum Gasteiger partial charge on any atom is -0.492 e. The van der Waals surface area contributed by atoms with Crippen LogP contribution in [0.15, 0.2) is 24.3 Å². The van der Waals surface area contributed by atoms with Crippen LogP contribution in [0.1, 0.15) is 12.8 Å². The molecule has 1 unspecified atom stereocenters. The van der Waals surface area contributed by atoms with E-state index < -0.39 is 0 Å². The third-order valence-electron chi connectivity index (χ3n) is 3.81. The van der Waals surface area contributed by atoms with Gasteiger partial charge in [-0.25, -0.2) is 0 Å². The number of likely N-dealkylation sites (tertiary alicyclic amines) is 1. The van der Waals surface area contributed by atoms with Crippen LogP contribution in [0.25, 0.3) is 0 Å². The van der Waals surface area contributed by atoms with Gasteiger partial charge in [0.1, 0.15) is 12.4 Å². The maximum atomic E-state index is 12.0. The Balaban J connectivity index is 0.00000264. The molecule has 1 saturated heterocycles. The summed E-state index contributed by atoms with van der Waals surface area (Å²) in [6.07, 6.45) is 1.99. The highest BCUT2D eigenvalue weighted by Crippen LogP contribution is 2.18. The molecule has 1 aliphatic heterocycles. The van der Waals surface area contributed by atoms with Crippen molar-refractivity contribution in [1.29, 1.82) is 0 Å². The molecule has 1 aliphatic rings. The van der Waals surface area contributed by atoms with Crippen molar-refractivity contribution in [3.8, 4) is 5.75 Å². The average Bonchev–Trinajstić information content (AvgIpc) is 2.55. The Labute approximate surface area is 148 Å². The minimum absolute atomic E-state index is 0. The second-order valence-electron chi connectivity index (χ2n) is 5.52. The van der Waals surface area contributed by atoms with E-state index in [1.54, 1.807) is 0 Å². The van der Waals surface area contributed by atoms with E-state index in [1.807, 2.05) is 24.3 Å². The maximum Gasteiger partial charge on any atom is 0.224 e. The van der Waals surface area contributed by atoms with Gasteiger partial charge in [-0.3, -0.25) is 9.69 Å². The number of rotatable bonds is 7. The Morgan fingerprint density at radius 1 is 1.39 bits per heavy atom. The number of nitrogens with zero attached hydrogens (tertiary/aromatic N) is 1. The number of halogens is 2. The Kier molecular flexibility index (Phi) is 9.33. The molecule has 1 aromatic rings. The fourth-order valence-corrected chi connectivity index (χ4v) is 2.76. The topological polar surface area (TPSA) is 67.6 Å². The lowest BCUT2D eigenvalue weighted by molar-refractivity contribution is -0.126. The van der Waals surface area contributed by atoms with Gasteiger partial charge in [-0.15, -0.1) is 12.4 Å². The number of carbonyl (C=O) groups is 1. The van der Waals surface area contributed by atoms with E-state index in [1.165, 1.54) is 0 Å². The Hall–Kier alpha value is -1.01. The van der Waals surface area contributed by atoms with Crippen LogP contribution in [-0.4, -0.2) is 50.1 Å². The molecule has 5 nitrogen and oxygen atoms in total. The molecule has 23 heavy (non-hydrogen) atoms. The van der Waals surface area contributed by atoms with Gasteiger partial charge in [-0.1, -0.05) is 11.6 Å². The summed E-state index contributed by atoms with van der Waals surface area (Å²) >= 11 is 5.84. The smallest absolute Gasteiger partial charge is 0.224 e. The third kappa shape index (κ3) is 6.96. The van der Waals surface area contributed by atoms with Crippen LogP contribution in [0, 0.1) is 5.92 Å². The number of piperidine rings is 1. The van der Waals surface area contributed by atoms with E-state index in [2.05, 4.69) is 10.2 Å². The quantitative estimate of drug-likeness (QED) is 0.778. The highest BCUT2D eigenvalue weighted by Gasteiger charge is 2.25. The zero-order chi connectivity index (χ0) is 15.8. The number of nitrogens with two attached hydrogens (primary N) is 1. The molecule has 3 N–H and O–H groups in total. The molecule has 0 aromatic heterocycles. The van der Waals surface area contributed by atoms with Crippen LogP contribution < -0.4 is 15.8 Å². The van der Waals surface area contributed by atoms with Gasteiger partial charge in [0.05, 0.1) is 5.92 Å². The summed E-state index contributed by atoms with van der Waals surface area (Å²) in [5, 5.41) is 3.58. The lowest BCUT2D eigenvalue weighted by Gasteiger charge is -2.31. The van der Waals surface area contributed by atoms with Gasteiger partial charge in [-0.05, 0) is 43.7 Å². The molecule has 1 amide bonds. The number of benzene rings is 1. The van der Waals surface area contributed by atoms with Gasteiger partial charge in [0.25, 0.3) is 0 Å². The van der Waals surface area contributed by atoms with Crippen molar-refractivity contribution in [2.75, 3.05) is 39.3 Å². The van der Waals surface area contributed by atoms with E-state index in [-0.39, 0.29) is 24.2 Å². The van der Waals surface area contributed by atoms with E-state index in [9.17, 15) is 4.79 Å². The minimum atomic E-state index is 0. The Morgan fingerprint density at radius 3 is 2.83 bits per heavy atom. The first-order chi connectivity index (χ1) is 10.7. The van der Waals surface area contributed by atoms with Crippen molar-refractivity contribution in [2.45, 2.75) is 12.8 Å². The van der Waals surface area contributed by atoms with Crippen LogP contribution in [0.5, 0.6) is 5.75 Å².